The fraction of sp³-hybridized carbons (Fsp3) is 0.545. The van der Waals surface area contributed by atoms with Gasteiger partial charge in [-0.1, -0.05) is 6.42 Å². The van der Waals surface area contributed by atoms with Crippen LogP contribution in [0.25, 0.3) is 0 Å². The highest BCUT2D eigenvalue weighted by Gasteiger charge is 2.11. The third-order valence-corrected chi connectivity index (χ3v) is 3.14. The molecule has 1 fully saturated rings. The van der Waals surface area contributed by atoms with Crippen molar-refractivity contribution in [2.24, 2.45) is 0 Å². The maximum atomic E-state index is 4.28. The van der Waals surface area contributed by atoms with Crippen LogP contribution in [0, 0.1) is 0 Å². The lowest BCUT2D eigenvalue weighted by molar-refractivity contribution is 0.414. The molecule has 0 bridgehead atoms. The Hall–Kier alpha value is -0.610. The van der Waals surface area contributed by atoms with Crippen LogP contribution >= 0.6 is 15.9 Å². The van der Waals surface area contributed by atoms with E-state index in [1.807, 2.05) is 18.3 Å². The van der Waals surface area contributed by atoms with Gasteiger partial charge < -0.3 is 10.6 Å². The first-order valence-corrected chi connectivity index (χ1v) is 6.23. The van der Waals surface area contributed by atoms with E-state index in [1.165, 1.54) is 19.3 Å². The Bertz CT molecular complexity index is 293. The fourth-order valence-corrected chi connectivity index (χ4v) is 2.04. The average molecular weight is 270 g/mol. The molecule has 1 unspecified atom stereocenters. The van der Waals surface area contributed by atoms with Crippen molar-refractivity contribution in [2.45, 2.75) is 25.3 Å². The average Bonchev–Trinajstić information content (AvgIpc) is 2.30. The smallest absolute Gasteiger partial charge is 0.126 e. The summed E-state index contributed by atoms with van der Waals surface area (Å²) in [5.74, 6) is 0.950. The number of nitrogens with one attached hydrogen (secondary N) is 2. The van der Waals surface area contributed by atoms with Crippen molar-refractivity contribution in [3.05, 3.63) is 22.8 Å². The van der Waals surface area contributed by atoms with Gasteiger partial charge in [0.15, 0.2) is 0 Å². The lowest BCUT2D eigenvalue weighted by atomic mass is 10.1. The summed E-state index contributed by atoms with van der Waals surface area (Å²) in [6.07, 6.45) is 5.74. The van der Waals surface area contributed by atoms with Gasteiger partial charge in [0, 0.05) is 23.3 Å². The third kappa shape index (κ3) is 3.47. The van der Waals surface area contributed by atoms with E-state index in [-0.39, 0.29) is 0 Å². The largest absolute Gasteiger partial charge is 0.369 e. The molecule has 82 valence electrons. The predicted octanol–water partition coefficient (Wildman–Crippen LogP) is 2.40. The molecular formula is C11H16BrN3. The number of piperidine rings is 1. The van der Waals surface area contributed by atoms with E-state index in [9.17, 15) is 0 Å². The second-order valence-corrected chi connectivity index (χ2v) is 4.81. The van der Waals surface area contributed by atoms with Crippen LogP contribution in [0.3, 0.4) is 0 Å². The van der Waals surface area contributed by atoms with E-state index in [4.69, 9.17) is 0 Å². The van der Waals surface area contributed by atoms with E-state index in [0.29, 0.717) is 6.04 Å². The van der Waals surface area contributed by atoms with E-state index in [1.54, 1.807) is 0 Å². The number of hydrogen-bond donors (Lipinski definition) is 2. The molecule has 4 heteroatoms. The minimum Gasteiger partial charge on any atom is -0.369 e. The molecule has 0 aromatic carbocycles. The molecule has 1 aromatic rings. The first-order valence-electron chi connectivity index (χ1n) is 5.43. The van der Waals surface area contributed by atoms with Gasteiger partial charge in [0.05, 0.1) is 0 Å². The highest BCUT2D eigenvalue weighted by molar-refractivity contribution is 9.10. The Morgan fingerprint density at radius 3 is 3.07 bits per heavy atom. The van der Waals surface area contributed by atoms with Gasteiger partial charge in [-0.05, 0) is 47.4 Å². The Kier molecular flexibility index (Phi) is 3.97. The zero-order chi connectivity index (χ0) is 10.5. The summed E-state index contributed by atoms with van der Waals surface area (Å²) in [5.41, 5.74) is 0. The van der Waals surface area contributed by atoms with Gasteiger partial charge in [0.1, 0.15) is 5.82 Å². The lowest BCUT2D eigenvalue weighted by Gasteiger charge is -2.23. The number of pyridine rings is 1. The standard InChI is InChI=1S/C11H16BrN3/c12-9-4-5-11(14-7-9)15-8-10-3-1-2-6-13-10/h4-5,7,10,13H,1-3,6,8H2,(H,14,15). The van der Waals surface area contributed by atoms with Crippen molar-refractivity contribution in [3.63, 3.8) is 0 Å². The molecule has 15 heavy (non-hydrogen) atoms. The molecule has 0 saturated carbocycles. The first kappa shape index (κ1) is 10.9. The summed E-state index contributed by atoms with van der Waals surface area (Å²) in [7, 11) is 0. The van der Waals surface area contributed by atoms with Crippen LogP contribution in [0.2, 0.25) is 0 Å². The molecular weight excluding hydrogens is 254 g/mol. The zero-order valence-corrected chi connectivity index (χ0v) is 10.3. The van der Waals surface area contributed by atoms with Crippen molar-refractivity contribution in [1.29, 1.82) is 0 Å². The van der Waals surface area contributed by atoms with Crippen molar-refractivity contribution in [1.82, 2.24) is 10.3 Å². The Morgan fingerprint density at radius 2 is 2.40 bits per heavy atom. The highest BCUT2D eigenvalue weighted by atomic mass is 79.9. The molecule has 0 amide bonds. The van der Waals surface area contributed by atoms with E-state index in [2.05, 4.69) is 31.5 Å². The Labute approximate surface area is 98.8 Å². The fourth-order valence-electron chi connectivity index (χ4n) is 1.81. The van der Waals surface area contributed by atoms with Gasteiger partial charge in [0.2, 0.25) is 0 Å². The quantitative estimate of drug-likeness (QED) is 0.885. The lowest BCUT2D eigenvalue weighted by Crippen LogP contribution is -2.39. The molecule has 0 spiro atoms. The second-order valence-electron chi connectivity index (χ2n) is 3.89. The summed E-state index contributed by atoms with van der Waals surface area (Å²) in [6, 6.07) is 4.60. The molecule has 3 nitrogen and oxygen atoms in total. The number of rotatable bonds is 3. The number of hydrogen-bond acceptors (Lipinski definition) is 3. The first-order chi connectivity index (χ1) is 7.34. The van der Waals surface area contributed by atoms with Crippen LogP contribution in [-0.2, 0) is 0 Å². The number of nitrogens with zero attached hydrogens (tertiary/aromatic N) is 1. The van der Waals surface area contributed by atoms with Crippen LogP contribution < -0.4 is 10.6 Å². The van der Waals surface area contributed by atoms with Crippen molar-refractivity contribution < 1.29 is 0 Å². The van der Waals surface area contributed by atoms with E-state index < -0.39 is 0 Å². The highest BCUT2D eigenvalue weighted by Crippen LogP contribution is 2.11. The van der Waals surface area contributed by atoms with Crippen LogP contribution in [0.1, 0.15) is 19.3 Å². The summed E-state index contributed by atoms with van der Waals surface area (Å²) in [5, 5.41) is 6.85. The van der Waals surface area contributed by atoms with Crippen LogP contribution in [-0.4, -0.2) is 24.1 Å². The minimum atomic E-state index is 0.601. The Morgan fingerprint density at radius 1 is 1.47 bits per heavy atom. The molecule has 1 aliphatic rings. The molecule has 1 atom stereocenters. The van der Waals surface area contributed by atoms with E-state index >= 15 is 0 Å². The summed E-state index contributed by atoms with van der Waals surface area (Å²) >= 11 is 3.37. The summed E-state index contributed by atoms with van der Waals surface area (Å²) in [6.45, 7) is 2.12. The van der Waals surface area contributed by atoms with Gasteiger partial charge in [0.25, 0.3) is 0 Å². The molecule has 2 N–H and O–H groups in total. The molecule has 0 radical (unpaired) electrons. The maximum Gasteiger partial charge on any atom is 0.126 e. The Balaban J connectivity index is 1.79. The van der Waals surface area contributed by atoms with Gasteiger partial charge >= 0.3 is 0 Å². The van der Waals surface area contributed by atoms with Crippen LogP contribution in [0.4, 0.5) is 5.82 Å². The van der Waals surface area contributed by atoms with Crippen LogP contribution in [0.15, 0.2) is 22.8 Å². The van der Waals surface area contributed by atoms with Gasteiger partial charge in [-0.3, -0.25) is 0 Å². The van der Waals surface area contributed by atoms with E-state index in [0.717, 1.165) is 23.4 Å². The predicted molar refractivity (Wildman–Crippen MR) is 66.1 cm³/mol. The van der Waals surface area contributed by atoms with Crippen molar-refractivity contribution in [3.8, 4) is 0 Å². The zero-order valence-electron chi connectivity index (χ0n) is 8.67. The van der Waals surface area contributed by atoms with Gasteiger partial charge in [-0.2, -0.15) is 0 Å². The minimum absolute atomic E-state index is 0.601. The van der Waals surface area contributed by atoms with Crippen molar-refractivity contribution in [2.75, 3.05) is 18.4 Å². The topological polar surface area (TPSA) is 37.0 Å². The molecule has 0 aliphatic carbocycles. The molecule has 1 aliphatic heterocycles. The normalized spacial score (nSPS) is 21.3. The second kappa shape index (κ2) is 5.47. The van der Waals surface area contributed by atoms with Gasteiger partial charge in [-0.15, -0.1) is 0 Å². The molecule has 1 aromatic heterocycles. The molecule has 1 saturated heterocycles. The number of anilines is 1. The number of halogens is 1. The monoisotopic (exact) mass is 269 g/mol. The number of aromatic nitrogens is 1. The summed E-state index contributed by atoms with van der Waals surface area (Å²) < 4.78 is 1.02. The third-order valence-electron chi connectivity index (χ3n) is 2.67. The van der Waals surface area contributed by atoms with Gasteiger partial charge in [-0.25, -0.2) is 4.98 Å². The van der Waals surface area contributed by atoms with Crippen molar-refractivity contribution >= 4 is 21.7 Å². The molecule has 2 rings (SSSR count). The summed E-state index contributed by atoms with van der Waals surface area (Å²) in [4.78, 5) is 4.28. The van der Waals surface area contributed by atoms with Crippen LogP contribution in [0.5, 0.6) is 0 Å². The maximum absolute atomic E-state index is 4.28. The molecule has 2 heterocycles. The SMILES string of the molecule is Brc1ccc(NCC2CCCCN2)nc1.